The Morgan fingerprint density at radius 3 is 2.71 bits per heavy atom. The Labute approximate surface area is 105 Å². The Balaban J connectivity index is 2.27. The summed E-state index contributed by atoms with van der Waals surface area (Å²) in [7, 11) is 0. The second-order valence-corrected chi connectivity index (χ2v) is 5.38. The summed E-state index contributed by atoms with van der Waals surface area (Å²) in [5, 5.41) is 22.9. The molecule has 0 unspecified atom stereocenters. The number of thiophene rings is 2. The van der Waals surface area contributed by atoms with Gasteiger partial charge in [-0.1, -0.05) is 11.2 Å². The van der Waals surface area contributed by atoms with Crippen molar-refractivity contribution in [2.24, 2.45) is 5.16 Å². The summed E-state index contributed by atoms with van der Waals surface area (Å²) < 4.78 is 0. The summed E-state index contributed by atoms with van der Waals surface area (Å²) >= 11 is 2.80. The molecule has 0 radical (unpaired) electrons. The second-order valence-electron chi connectivity index (χ2n) is 3.26. The zero-order valence-electron chi connectivity index (χ0n) is 8.66. The predicted octanol–water partition coefficient (Wildman–Crippen LogP) is 2.66. The summed E-state index contributed by atoms with van der Waals surface area (Å²) in [6.45, 7) is 0. The highest BCUT2D eigenvalue weighted by Gasteiger charge is 2.12. The topological polar surface area (TPSA) is 69.9 Å². The zero-order chi connectivity index (χ0) is 12.3. The van der Waals surface area contributed by atoms with E-state index in [9.17, 15) is 4.79 Å². The van der Waals surface area contributed by atoms with Crippen molar-refractivity contribution >= 4 is 34.4 Å². The molecule has 0 saturated heterocycles. The number of aliphatic carboxylic acids is 1. The molecule has 0 atom stereocenters. The first-order valence-electron chi connectivity index (χ1n) is 4.77. The first-order valence-corrected chi connectivity index (χ1v) is 6.47. The minimum atomic E-state index is -0.864. The van der Waals surface area contributed by atoms with E-state index in [1.165, 1.54) is 22.7 Å². The van der Waals surface area contributed by atoms with Gasteiger partial charge in [-0.05, 0) is 23.6 Å². The normalized spacial score (nSPS) is 11.6. The molecule has 0 amide bonds. The molecule has 2 aromatic heterocycles. The fourth-order valence-corrected chi connectivity index (χ4v) is 3.17. The molecule has 0 fully saturated rings. The van der Waals surface area contributed by atoms with Crippen LogP contribution in [0.1, 0.15) is 14.6 Å². The van der Waals surface area contributed by atoms with E-state index in [0.29, 0.717) is 5.71 Å². The van der Waals surface area contributed by atoms with Gasteiger partial charge in [-0.15, -0.1) is 22.7 Å². The van der Waals surface area contributed by atoms with Gasteiger partial charge in [0, 0.05) is 4.88 Å². The molecule has 0 aliphatic carbocycles. The molecule has 0 bridgehead atoms. The number of carboxylic acids is 1. The maximum absolute atomic E-state index is 10.6. The third-order valence-electron chi connectivity index (χ3n) is 2.08. The molecule has 2 heterocycles. The van der Waals surface area contributed by atoms with Crippen LogP contribution < -0.4 is 0 Å². The fourth-order valence-electron chi connectivity index (χ4n) is 1.38. The number of rotatable bonds is 4. The van der Waals surface area contributed by atoms with Gasteiger partial charge in [-0.25, -0.2) is 0 Å². The van der Waals surface area contributed by atoms with Gasteiger partial charge in [-0.3, -0.25) is 4.79 Å². The lowest BCUT2D eigenvalue weighted by atomic mass is 10.2. The molecule has 0 saturated carbocycles. The van der Waals surface area contributed by atoms with Crippen molar-refractivity contribution < 1.29 is 15.1 Å². The van der Waals surface area contributed by atoms with Crippen LogP contribution in [0.5, 0.6) is 0 Å². The van der Waals surface area contributed by atoms with Gasteiger partial charge in [0.2, 0.25) is 0 Å². The molecular formula is C11H9NO3S2. The standard InChI is InChI=1S/C11H9NO3S2/c13-10(14)6-7-3-4-9(17-7)11(12-15)8-2-1-5-16-8/h1-5,15H,6H2,(H,13,14)/b12-11+. The molecule has 0 aliphatic rings. The van der Waals surface area contributed by atoms with Crippen molar-refractivity contribution in [2.75, 3.05) is 0 Å². The van der Waals surface area contributed by atoms with Crippen LogP contribution in [0.25, 0.3) is 0 Å². The summed E-state index contributed by atoms with van der Waals surface area (Å²) in [6, 6.07) is 7.25. The average Bonchev–Trinajstić information content (AvgIpc) is 2.90. The fraction of sp³-hybridized carbons (Fsp3) is 0.0909. The molecule has 6 heteroatoms. The summed E-state index contributed by atoms with van der Waals surface area (Å²) in [5.74, 6) is -0.864. The Bertz CT molecular complexity index is 543. The smallest absolute Gasteiger partial charge is 0.308 e. The predicted molar refractivity (Wildman–Crippen MR) is 67.4 cm³/mol. The second kappa shape index (κ2) is 5.11. The van der Waals surface area contributed by atoms with Gasteiger partial charge in [0.05, 0.1) is 16.2 Å². The quantitative estimate of drug-likeness (QED) is 0.508. The molecule has 17 heavy (non-hydrogen) atoms. The molecule has 2 rings (SSSR count). The van der Waals surface area contributed by atoms with Gasteiger partial charge in [-0.2, -0.15) is 0 Å². The molecule has 0 spiro atoms. The Hall–Kier alpha value is -1.66. The van der Waals surface area contributed by atoms with Crippen LogP contribution in [0.15, 0.2) is 34.8 Å². The number of nitrogens with zero attached hydrogens (tertiary/aromatic N) is 1. The van der Waals surface area contributed by atoms with Crippen molar-refractivity contribution in [1.82, 2.24) is 0 Å². The van der Waals surface area contributed by atoms with Crippen molar-refractivity contribution in [3.8, 4) is 0 Å². The average molecular weight is 267 g/mol. The van der Waals surface area contributed by atoms with E-state index in [2.05, 4.69) is 5.16 Å². The van der Waals surface area contributed by atoms with E-state index < -0.39 is 5.97 Å². The zero-order valence-corrected chi connectivity index (χ0v) is 10.3. The summed E-state index contributed by atoms with van der Waals surface area (Å²) in [6.07, 6.45) is -0.00614. The first kappa shape index (κ1) is 11.8. The third kappa shape index (κ3) is 2.72. The van der Waals surface area contributed by atoms with Crippen LogP contribution in [0.4, 0.5) is 0 Å². The lowest BCUT2D eigenvalue weighted by Gasteiger charge is -1.96. The van der Waals surface area contributed by atoms with Crippen LogP contribution >= 0.6 is 22.7 Å². The molecule has 2 aromatic rings. The van der Waals surface area contributed by atoms with E-state index >= 15 is 0 Å². The number of oxime groups is 1. The van der Waals surface area contributed by atoms with Gasteiger partial charge in [0.15, 0.2) is 0 Å². The molecular weight excluding hydrogens is 258 g/mol. The molecule has 0 aliphatic heterocycles. The van der Waals surface area contributed by atoms with Gasteiger partial charge in [0.25, 0.3) is 0 Å². The Kier molecular flexibility index (Phi) is 3.55. The van der Waals surface area contributed by atoms with E-state index in [4.69, 9.17) is 10.3 Å². The minimum Gasteiger partial charge on any atom is -0.481 e. The van der Waals surface area contributed by atoms with Crippen LogP contribution in [0.3, 0.4) is 0 Å². The Morgan fingerprint density at radius 2 is 2.12 bits per heavy atom. The van der Waals surface area contributed by atoms with E-state index in [0.717, 1.165) is 14.6 Å². The van der Waals surface area contributed by atoms with Crippen LogP contribution in [-0.4, -0.2) is 22.0 Å². The van der Waals surface area contributed by atoms with Gasteiger partial charge in [0.1, 0.15) is 5.71 Å². The number of carboxylic acid groups (broad SMARTS) is 1. The molecule has 4 nitrogen and oxygen atoms in total. The van der Waals surface area contributed by atoms with Crippen LogP contribution in [-0.2, 0) is 11.2 Å². The van der Waals surface area contributed by atoms with Crippen LogP contribution in [0, 0.1) is 0 Å². The lowest BCUT2D eigenvalue weighted by molar-refractivity contribution is -0.136. The van der Waals surface area contributed by atoms with Crippen molar-refractivity contribution in [1.29, 1.82) is 0 Å². The van der Waals surface area contributed by atoms with Crippen molar-refractivity contribution in [2.45, 2.75) is 6.42 Å². The highest BCUT2D eigenvalue weighted by Crippen LogP contribution is 2.23. The van der Waals surface area contributed by atoms with Crippen LogP contribution in [0.2, 0.25) is 0 Å². The SMILES string of the molecule is O=C(O)Cc1ccc(/C(=N/O)c2cccs2)s1. The first-order chi connectivity index (χ1) is 8.20. The summed E-state index contributed by atoms with van der Waals surface area (Å²) in [4.78, 5) is 12.9. The van der Waals surface area contributed by atoms with Crippen molar-refractivity contribution in [3.05, 3.63) is 44.3 Å². The van der Waals surface area contributed by atoms with Gasteiger partial charge < -0.3 is 10.3 Å². The largest absolute Gasteiger partial charge is 0.481 e. The maximum atomic E-state index is 10.6. The number of carbonyl (C=O) groups is 1. The van der Waals surface area contributed by atoms with E-state index in [1.54, 1.807) is 12.1 Å². The summed E-state index contributed by atoms with van der Waals surface area (Å²) in [5.41, 5.74) is 0.488. The van der Waals surface area contributed by atoms with E-state index in [1.807, 2.05) is 17.5 Å². The molecule has 88 valence electrons. The third-order valence-corrected chi connectivity index (χ3v) is 4.04. The maximum Gasteiger partial charge on any atom is 0.308 e. The highest BCUT2D eigenvalue weighted by atomic mass is 32.1. The van der Waals surface area contributed by atoms with Crippen molar-refractivity contribution in [3.63, 3.8) is 0 Å². The number of hydrogen-bond donors (Lipinski definition) is 2. The monoisotopic (exact) mass is 267 g/mol. The van der Waals surface area contributed by atoms with E-state index in [-0.39, 0.29) is 6.42 Å². The number of hydrogen-bond acceptors (Lipinski definition) is 5. The van der Waals surface area contributed by atoms with Gasteiger partial charge >= 0.3 is 5.97 Å². The lowest BCUT2D eigenvalue weighted by Crippen LogP contribution is -1.98. The minimum absolute atomic E-state index is 0.00614. The molecule has 2 N–H and O–H groups in total. The molecule has 0 aromatic carbocycles. The highest BCUT2D eigenvalue weighted by molar-refractivity contribution is 7.17. The Morgan fingerprint density at radius 1 is 1.29 bits per heavy atom.